The summed E-state index contributed by atoms with van der Waals surface area (Å²) in [6, 6.07) is 11.0. The van der Waals surface area contributed by atoms with Crippen molar-refractivity contribution in [3.8, 4) is 0 Å². The molecule has 0 saturated heterocycles. The van der Waals surface area contributed by atoms with Crippen LogP contribution in [0.25, 0.3) is 0 Å². The summed E-state index contributed by atoms with van der Waals surface area (Å²) in [6.07, 6.45) is -1.20. The third-order valence-electron chi connectivity index (χ3n) is 3.84. The highest BCUT2D eigenvalue weighted by molar-refractivity contribution is 7.80. The molecule has 0 heterocycles. The zero-order valence-electron chi connectivity index (χ0n) is 15.3. The number of carbonyl (C=O) groups is 1. The number of halogens is 3. The number of hydrogen-bond acceptors (Lipinski definition) is 4. The maximum atomic E-state index is 12.5. The van der Waals surface area contributed by atoms with Gasteiger partial charge in [0.25, 0.3) is 11.6 Å². The molecule has 1 unspecified atom stereocenters. The molecule has 1 atom stereocenters. The number of non-ortho nitro benzene ring substituents is 1. The molecule has 3 N–H and O–H groups in total. The maximum Gasteiger partial charge on any atom is 0.270 e. The number of nitrogens with one attached hydrogen (secondary N) is 3. The standard InChI is InChI=1S/C18H17Cl3N4O3S/c1-10-6-7-11(2)14(8-10)22-17(29)24-16(18(19,20)21)23-15(26)12-4-3-5-13(9-12)25(27)28/h3-9,16H,1-2H3,(H,23,26)(H2,22,24,29). The molecule has 0 saturated carbocycles. The summed E-state index contributed by atoms with van der Waals surface area (Å²) in [4.78, 5) is 22.8. The summed E-state index contributed by atoms with van der Waals surface area (Å²) in [6.45, 7) is 3.84. The number of hydrogen-bond donors (Lipinski definition) is 3. The lowest BCUT2D eigenvalue weighted by atomic mass is 10.1. The summed E-state index contributed by atoms with van der Waals surface area (Å²) in [5, 5.41) is 19.2. The number of anilines is 1. The average molecular weight is 476 g/mol. The van der Waals surface area contributed by atoms with Crippen LogP contribution >= 0.6 is 47.0 Å². The molecular weight excluding hydrogens is 459 g/mol. The Hall–Kier alpha value is -2.13. The first kappa shape index (κ1) is 23.2. The van der Waals surface area contributed by atoms with Crippen molar-refractivity contribution in [3.05, 3.63) is 69.3 Å². The zero-order chi connectivity index (χ0) is 21.8. The Kier molecular flexibility index (Phi) is 7.65. The van der Waals surface area contributed by atoms with E-state index in [-0.39, 0.29) is 16.4 Å². The van der Waals surface area contributed by atoms with E-state index in [1.165, 1.54) is 18.2 Å². The van der Waals surface area contributed by atoms with Crippen molar-refractivity contribution >= 4 is 69.4 Å². The molecule has 0 spiro atoms. The third-order valence-corrected chi connectivity index (χ3v) is 4.71. The first-order valence-corrected chi connectivity index (χ1v) is 9.78. The summed E-state index contributed by atoms with van der Waals surface area (Å²) in [5.41, 5.74) is 2.54. The fraction of sp³-hybridized carbons (Fsp3) is 0.222. The molecule has 0 fully saturated rings. The Morgan fingerprint density at radius 1 is 1.14 bits per heavy atom. The van der Waals surface area contributed by atoms with Crippen LogP contribution in [0.5, 0.6) is 0 Å². The van der Waals surface area contributed by atoms with Crippen molar-refractivity contribution in [3.63, 3.8) is 0 Å². The highest BCUT2D eigenvalue weighted by atomic mass is 35.6. The highest BCUT2D eigenvalue weighted by Gasteiger charge is 2.35. The van der Waals surface area contributed by atoms with Crippen molar-refractivity contribution in [1.29, 1.82) is 0 Å². The minimum absolute atomic E-state index is 0.0358. The zero-order valence-corrected chi connectivity index (χ0v) is 18.4. The molecule has 2 aromatic carbocycles. The molecule has 154 valence electrons. The Morgan fingerprint density at radius 2 is 1.83 bits per heavy atom. The van der Waals surface area contributed by atoms with E-state index < -0.39 is 20.8 Å². The Morgan fingerprint density at radius 3 is 2.45 bits per heavy atom. The van der Waals surface area contributed by atoms with Crippen LogP contribution < -0.4 is 16.0 Å². The summed E-state index contributed by atoms with van der Waals surface area (Å²) < 4.78 is -1.95. The van der Waals surface area contributed by atoms with Crippen molar-refractivity contribution in [2.75, 3.05) is 5.32 Å². The summed E-state index contributed by atoms with van der Waals surface area (Å²) in [7, 11) is 0. The molecule has 0 aromatic heterocycles. The van der Waals surface area contributed by atoms with E-state index in [0.29, 0.717) is 0 Å². The summed E-state index contributed by atoms with van der Waals surface area (Å²) in [5.74, 6) is -0.674. The number of nitrogens with zero attached hydrogens (tertiary/aromatic N) is 1. The normalized spacial score (nSPS) is 12.0. The van der Waals surface area contributed by atoms with E-state index >= 15 is 0 Å². The van der Waals surface area contributed by atoms with E-state index in [0.717, 1.165) is 22.9 Å². The number of aryl methyl sites for hydroxylation is 2. The number of nitro groups is 1. The molecule has 29 heavy (non-hydrogen) atoms. The van der Waals surface area contributed by atoms with Gasteiger partial charge in [0.15, 0.2) is 5.11 Å². The van der Waals surface area contributed by atoms with Crippen molar-refractivity contribution in [2.45, 2.75) is 23.8 Å². The number of carbonyl (C=O) groups excluding carboxylic acids is 1. The Labute approximate surface area is 187 Å². The molecule has 7 nitrogen and oxygen atoms in total. The van der Waals surface area contributed by atoms with Gasteiger partial charge < -0.3 is 16.0 Å². The SMILES string of the molecule is Cc1ccc(C)c(NC(=S)NC(NC(=O)c2cccc([N+](=O)[O-])c2)C(Cl)(Cl)Cl)c1. The van der Waals surface area contributed by atoms with Crippen molar-refractivity contribution in [1.82, 2.24) is 10.6 Å². The van der Waals surface area contributed by atoms with Gasteiger partial charge in [-0.25, -0.2) is 0 Å². The van der Waals surface area contributed by atoms with E-state index in [1.807, 2.05) is 32.0 Å². The van der Waals surface area contributed by atoms with Crippen LogP contribution in [0.3, 0.4) is 0 Å². The second kappa shape index (κ2) is 9.58. The van der Waals surface area contributed by atoms with Crippen LogP contribution in [0, 0.1) is 24.0 Å². The van der Waals surface area contributed by atoms with Gasteiger partial charge in [-0.15, -0.1) is 0 Å². The number of nitro benzene ring substituents is 1. The second-order valence-electron chi connectivity index (χ2n) is 6.17. The van der Waals surface area contributed by atoms with E-state index in [2.05, 4.69) is 16.0 Å². The number of alkyl halides is 3. The van der Waals surface area contributed by atoms with Gasteiger partial charge >= 0.3 is 0 Å². The Balaban J connectivity index is 2.14. The quantitative estimate of drug-likeness (QED) is 0.192. The van der Waals surface area contributed by atoms with Gasteiger partial charge in [-0.1, -0.05) is 53.0 Å². The van der Waals surface area contributed by atoms with E-state index in [9.17, 15) is 14.9 Å². The predicted molar refractivity (Wildman–Crippen MR) is 120 cm³/mol. The summed E-state index contributed by atoms with van der Waals surface area (Å²) >= 11 is 23.2. The third kappa shape index (κ3) is 6.71. The first-order valence-electron chi connectivity index (χ1n) is 8.24. The van der Waals surface area contributed by atoms with Crippen LogP contribution in [-0.2, 0) is 0 Å². The van der Waals surface area contributed by atoms with Crippen LogP contribution in [0.1, 0.15) is 21.5 Å². The van der Waals surface area contributed by atoms with Gasteiger partial charge in [0.05, 0.1) is 4.92 Å². The molecule has 2 rings (SSSR count). The minimum Gasteiger partial charge on any atom is -0.339 e. The molecule has 0 aliphatic heterocycles. The molecule has 1 amide bonds. The molecule has 0 aliphatic rings. The molecule has 0 aliphatic carbocycles. The molecule has 11 heteroatoms. The number of amides is 1. The lowest BCUT2D eigenvalue weighted by Gasteiger charge is -2.28. The van der Waals surface area contributed by atoms with E-state index in [1.54, 1.807) is 0 Å². The number of benzene rings is 2. The van der Waals surface area contributed by atoms with Gasteiger partial charge in [-0.2, -0.15) is 0 Å². The molecular formula is C18H17Cl3N4O3S. The monoisotopic (exact) mass is 474 g/mol. The predicted octanol–water partition coefficient (Wildman–Crippen LogP) is 4.62. The maximum absolute atomic E-state index is 12.5. The topological polar surface area (TPSA) is 96.3 Å². The van der Waals surface area contributed by atoms with Gasteiger partial charge in [0, 0.05) is 23.4 Å². The van der Waals surface area contributed by atoms with Crippen LogP contribution in [-0.4, -0.2) is 25.9 Å². The smallest absolute Gasteiger partial charge is 0.270 e. The first-order chi connectivity index (χ1) is 13.5. The van der Waals surface area contributed by atoms with Crippen LogP contribution in [0.2, 0.25) is 0 Å². The van der Waals surface area contributed by atoms with Gasteiger partial charge in [-0.05, 0) is 49.3 Å². The second-order valence-corrected chi connectivity index (χ2v) is 8.95. The van der Waals surface area contributed by atoms with Crippen LogP contribution in [0.4, 0.5) is 11.4 Å². The molecule has 2 aromatic rings. The Bertz CT molecular complexity index is 950. The fourth-order valence-electron chi connectivity index (χ4n) is 2.33. The number of rotatable bonds is 5. The molecule has 0 bridgehead atoms. The van der Waals surface area contributed by atoms with Gasteiger partial charge in [0.2, 0.25) is 3.79 Å². The lowest BCUT2D eigenvalue weighted by molar-refractivity contribution is -0.384. The number of thiocarbonyl (C=S) groups is 1. The minimum atomic E-state index is -1.95. The van der Waals surface area contributed by atoms with Gasteiger partial charge in [0.1, 0.15) is 6.17 Å². The van der Waals surface area contributed by atoms with E-state index in [4.69, 9.17) is 47.0 Å². The van der Waals surface area contributed by atoms with Gasteiger partial charge in [-0.3, -0.25) is 14.9 Å². The average Bonchev–Trinajstić information content (AvgIpc) is 2.63. The van der Waals surface area contributed by atoms with Crippen molar-refractivity contribution < 1.29 is 9.72 Å². The van der Waals surface area contributed by atoms with Crippen molar-refractivity contribution in [2.24, 2.45) is 0 Å². The van der Waals surface area contributed by atoms with Crippen LogP contribution in [0.15, 0.2) is 42.5 Å². The fourth-order valence-corrected chi connectivity index (χ4v) is 2.89. The largest absolute Gasteiger partial charge is 0.339 e. The molecule has 0 radical (unpaired) electrons. The highest BCUT2D eigenvalue weighted by Crippen LogP contribution is 2.29. The lowest BCUT2D eigenvalue weighted by Crippen LogP contribution is -2.56.